The van der Waals surface area contributed by atoms with Crippen LogP contribution in [0.3, 0.4) is 0 Å². The van der Waals surface area contributed by atoms with Gasteiger partial charge in [0.1, 0.15) is 17.3 Å². The van der Waals surface area contributed by atoms with E-state index in [1.165, 1.54) is 6.92 Å². The molecule has 4 aromatic rings. The van der Waals surface area contributed by atoms with Crippen molar-refractivity contribution in [1.29, 1.82) is 0 Å². The molecule has 6 nitrogen and oxygen atoms in total. The van der Waals surface area contributed by atoms with E-state index in [4.69, 9.17) is 0 Å². The number of hydrogen-bond donors (Lipinski definition) is 0. The van der Waals surface area contributed by atoms with E-state index in [-0.39, 0.29) is 12.2 Å². The molecule has 0 bridgehead atoms. The largest absolute Gasteiger partial charge is 0.433 e. The maximum atomic E-state index is 13.0. The van der Waals surface area contributed by atoms with Gasteiger partial charge in [0, 0.05) is 54.7 Å². The lowest BCUT2D eigenvalue weighted by atomic mass is 10.2. The molecule has 0 unspecified atom stereocenters. The van der Waals surface area contributed by atoms with Gasteiger partial charge in [-0.15, -0.1) is 0 Å². The monoisotopic (exact) mass is 398 g/mol. The van der Waals surface area contributed by atoms with Gasteiger partial charge in [0.2, 0.25) is 0 Å². The van der Waals surface area contributed by atoms with Gasteiger partial charge in [-0.3, -0.25) is 0 Å². The molecule has 148 valence electrons. The van der Waals surface area contributed by atoms with Gasteiger partial charge in [-0.05, 0) is 37.3 Å². The van der Waals surface area contributed by atoms with Crippen molar-refractivity contribution in [2.24, 2.45) is 0 Å². The fourth-order valence-corrected chi connectivity index (χ4v) is 3.05. The minimum Gasteiger partial charge on any atom is -0.331 e. The maximum absolute atomic E-state index is 13.0. The van der Waals surface area contributed by atoms with E-state index < -0.39 is 11.9 Å². The van der Waals surface area contributed by atoms with Gasteiger partial charge in [0.25, 0.3) is 0 Å². The minimum absolute atomic E-state index is 0.160. The fraction of sp³-hybridized carbons (Fsp3) is 0.200. The van der Waals surface area contributed by atoms with Crippen molar-refractivity contribution in [3.63, 3.8) is 0 Å². The van der Waals surface area contributed by atoms with Crippen LogP contribution in [0.25, 0.3) is 17.1 Å². The minimum atomic E-state index is -4.49. The van der Waals surface area contributed by atoms with Crippen LogP contribution in [0.1, 0.15) is 17.2 Å². The summed E-state index contributed by atoms with van der Waals surface area (Å²) in [4.78, 5) is 16.2. The molecule has 0 aliphatic carbocycles. The fourth-order valence-electron chi connectivity index (χ4n) is 3.05. The Morgan fingerprint density at radius 1 is 1.00 bits per heavy atom. The van der Waals surface area contributed by atoms with Crippen molar-refractivity contribution in [3.8, 4) is 17.1 Å². The van der Waals surface area contributed by atoms with Crippen molar-refractivity contribution >= 4 is 0 Å². The first kappa shape index (κ1) is 18.9. The molecule has 1 aromatic carbocycles. The molecule has 0 radical (unpaired) electrons. The topological polar surface area (TPSA) is 61.4 Å². The Labute approximate surface area is 164 Å². The second kappa shape index (κ2) is 7.50. The third-order valence-corrected chi connectivity index (χ3v) is 4.41. The molecule has 0 aliphatic rings. The Hall–Kier alpha value is -3.49. The first-order valence-electron chi connectivity index (χ1n) is 8.92. The Morgan fingerprint density at radius 3 is 2.48 bits per heavy atom. The van der Waals surface area contributed by atoms with Crippen LogP contribution in [0.2, 0.25) is 0 Å². The van der Waals surface area contributed by atoms with Crippen LogP contribution in [0, 0.1) is 6.92 Å². The molecule has 4 rings (SSSR count). The molecule has 0 N–H and O–H groups in total. The summed E-state index contributed by atoms with van der Waals surface area (Å²) < 4.78 is 42.7. The molecule has 0 saturated carbocycles. The third kappa shape index (κ3) is 4.18. The number of benzene rings is 1. The van der Waals surface area contributed by atoms with E-state index in [1.54, 1.807) is 24.9 Å². The number of imidazole rings is 2. The van der Waals surface area contributed by atoms with E-state index in [0.29, 0.717) is 12.2 Å². The van der Waals surface area contributed by atoms with Crippen LogP contribution in [-0.2, 0) is 19.1 Å². The van der Waals surface area contributed by atoms with Crippen LogP contribution in [0.15, 0.2) is 61.4 Å². The molecule has 29 heavy (non-hydrogen) atoms. The summed E-state index contributed by atoms with van der Waals surface area (Å²) >= 11 is 0. The molecular formula is C20H17F3N6. The molecule has 9 heteroatoms. The van der Waals surface area contributed by atoms with Gasteiger partial charge in [-0.1, -0.05) is 0 Å². The zero-order chi connectivity index (χ0) is 20.4. The van der Waals surface area contributed by atoms with Gasteiger partial charge in [0.05, 0.1) is 6.33 Å². The highest BCUT2D eigenvalue weighted by molar-refractivity contribution is 5.57. The summed E-state index contributed by atoms with van der Waals surface area (Å²) in [5.41, 5.74) is 1.25. The third-order valence-electron chi connectivity index (χ3n) is 4.41. The lowest BCUT2D eigenvalue weighted by Gasteiger charge is -2.11. The highest BCUT2D eigenvalue weighted by Gasteiger charge is 2.33. The van der Waals surface area contributed by atoms with E-state index in [9.17, 15) is 13.2 Å². The van der Waals surface area contributed by atoms with Gasteiger partial charge >= 0.3 is 6.18 Å². The summed E-state index contributed by atoms with van der Waals surface area (Å²) in [6.45, 7) is 1.95. The predicted molar refractivity (Wildman–Crippen MR) is 100 cm³/mol. The molecule has 3 heterocycles. The highest BCUT2D eigenvalue weighted by atomic mass is 19.4. The van der Waals surface area contributed by atoms with Crippen LogP contribution >= 0.6 is 0 Å². The van der Waals surface area contributed by atoms with Gasteiger partial charge < -0.3 is 9.13 Å². The van der Waals surface area contributed by atoms with Crippen LogP contribution < -0.4 is 0 Å². The number of nitrogens with zero attached hydrogens (tertiary/aromatic N) is 6. The molecule has 3 aromatic heterocycles. The second-order valence-electron chi connectivity index (χ2n) is 6.52. The smallest absolute Gasteiger partial charge is 0.331 e. The van der Waals surface area contributed by atoms with Crippen molar-refractivity contribution in [1.82, 2.24) is 29.1 Å². The molecule has 0 saturated heterocycles. The average molecular weight is 398 g/mol. The SMILES string of the molecule is Cc1cc(C(F)(F)F)nc(CCn2ccnc2-c2ccc(-n3ccnc3)cc2)n1. The lowest BCUT2D eigenvalue weighted by Crippen LogP contribution is -2.13. The molecule has 0 fully saturated rings. The number of alkyl halides is 3. The molecule has 0 atom stereocenters. The quantitative estimate of drug-likeness (QED) is 0.508. The van der Waals surface area contributed by atoms with Gasteiger partial charge in [-0.25, -0.2) is 19.9 Å². The zero-order valence-corrected chi connectivity index (χ0v) is 15.5. The van der Waals surface area contributed by atoms with Crippen LogP contribution in [-0.4, -0.2) is 29.1 Å². The molecule has 0 spiro atoms. The van der Waals surface area contributed by atoms with Crippen molar-refractivity contribution < 1.29 is 13.2 Å². The standard InChI is InChI=1S/C20H17F3N6/c1-14-12-17(20(21,22)23)27-18(26-14)6-9-28-11-8-25-19(28)15-2-4-16(5-3-15)29-10-7-24-13-29/h2-5,7-8,10-13H,6,9H2,1H3. The van der Waals surface area contributed by atoms with Crippen molar-refractivity contribution in [3.05, 3.63) is 78.7 Å². The number of rotatable bonds is 5. The van der Waals surface area contributed by atoms with Crippen LogP contribution in [0.4, 0.5) is 13.2 Å². The Morgan fingerprint density at radius 2 is 1.79 bits per heavy atom. The summed E-state index contributed by atoms with van der Waals surface area (Å²) in [6, 6.07) is 8.75. The lowest BCUT2D eigenvalue weighted by molar-refractivity contribution is -0.141. The van der Waals surface area contributed by atoms with Crippen molar-refractivity contribution in [2.45, 2.75) is 26.1 Å². The highest BCUT2D eigenvalue weighted by Crippen LogP contribution is 2.28. The van der Waals surface area contributed by atoms with E-state index in [0.717, 1.165) is 23.1 Å². The number of aryl methyl sites for hydroxylation is 3. The second-order valence-corrected chi connectivity index (χ2v) is 6.52. The van der Waals surface area contributed by atoms with Crippen molar-refractivity contribution in [2.75, 3.05) is 0 Å². The maximum Gasteiger partial charge on any atom is 0.433 e. The Balaban J connectivity index is 1.53. The van der Waals surface area contributed by atoms with E-state index >= 15 is 0 Å². The summed E-state index contributed by atoms with van der Waals surface area (Å²) in [6.07, 6.45) is 4.51. The Bertz CT molecular complexity index is 1100. The summed E-state index contributed by atoms with van der Waals surface area (Å²) in [5, 5.41) is 0. The first-order chi connectivity index (χ1) is 13.9. The Kier molecular flexibility index (Phi) is 4.87. The molecular weight excluding hydrogens is 381 g/mol. The van der Waals surface area contributed by atoms with Gasteiger partial charge in [0.15, 0.2) is 0 Å². The predicted octanol–water partition coefficient (Wildman–Crippen LogP) is 4.10. The van der Waals surface area contributed by atoms with E-state index in [1.807, 2.05) is 39.6 Å². The number of hydrogen-bond acceptors (Lipinski definition) is 4. The van der Waals surface area contributed by atoms with Gasteiger partial charge in [-0.2, -0.15) is 13.2 Å². The van der Waals surface area contributed by atoms with E-state index in [2.05, 4.69) is 19.9 Å². The summed E-state index contributed by atoms with van der Waals surface area (Å²) in [5.74, 6) is 0.887. The summed E-state index contributed by atoms with van der Waals surface area (Å²) in [7, 11) is 0. The number of aromatic nitrogens is 6. The van der Waals surface area contributed by atoms with Crippen LogP contribution in [0.5, 0.6) is 0 Å². The molecule has 0 aliphatic heterocycles. The number of halogens is 3. The zero-order valence-electron chi connectivity index (χ0n) is 15.5. The average Bonchev–Trinajstić information content (AvgIpc) is 3.37. The molecule has 0 amide bonds. The first-order valence-corrected chi connectivity index (χ1v) is 8.92. The normalized spacial score (nSPS) is 11.7.